The number of ether oxygens (including phenoxy) is 2. The SMILES string of the molecule is CC(C)Oc1nnc(OC(C)C)c2c1nc(CC(C)(C)C)n2Cc1ccc(-c2ccccc2C(=O)O)cc1. The summed E-state index contributed by atoms with van der Waals surface area (Å²) in [4.78, 5) is 16.7. The molecule has 0 saturated heterocycles. The quantitative estimate of drug-likeness (QED) is 0.275. The molecule has 0 aliphatic rings. The fraction of sp³-hybridized carbons (Fsp3) is 0.400. The molecule has 4 rings (SSSR count). The fourth-order valence-corrected chi connectivity index (χ4v) is 4.33. The number of hydrogen-bond donors (Lipinski definition) is 1. The summed E-state index contributed by atoms with van der Waals surface area (Å²) in [7, 11) is 0. The van der Waals surface area contributed by atoms with Gasteiger partial charge in [-0.05, 0) is 55.9 Å². The van der Waals surface area contributed by atoms with E-state index in [1.54, 1.807) is 12.1 Å². The summed E-state index contributed by atoms with van der Waals surface area (Å²) in [5, 5.41) is 18.3. The van der Waals surface area contributed by atoms with Crippen molar-refractivity contribution in [3.8, 4) is 22.9 Å². The largest absolute Gasteiger partial charge is 0.478 e. The number of fused-ring (bicyclic) bond motifs is 1. The van der Waals surface area contributed by atoms with Gasteiger partial charge in [-0.1, -0.05) is 63.2 Å². The van der Waals surface area contributed by atoms with Crippen molar-refractivity contribution in [1.29, 1.82) is 0 Å². The monoisotopic (exact) mass is 516 g/mol. The molecule has 0 spiro atoms. The molecule has 2 heterocycles. The van der Waals surface area contributed by atoms with E-state index in [1.165, 1.54) is 0 Å². The Morgan fingerprint density at radius 3 is 2.13 bits per heavy atom. The van der Waals surface area contributed by atoms with Crippen LogP contribution in [0.3, 0.4) is 0 Å². The van der Waals surface area contributed by atoms with Gasteiger partial charge in [0.05, 0.1) is 17.8 Å². The Morgan fingerprint density at radius 2 is 1.53 bits per heavy atom. The number of rotatable bonds is 9. The Kier molecular flexibility index (Phi) is 7.71. The van der Waals surface area contributed by atoms with Crippen molar-refractivity contribution in [2.45, 2.75) is 73.6 Å². The lowest BCUT2D eigenvalue weighted by atomic mass is 9.92. The smallest absolute Gasteiger partial charge is 0.336 e. The second-order valence-electron chi connectivity index (χ2n) is 11.2. The number of carboxylic acid groups (broad SMARTS) is 1. The van der Waals surface area contributed by atoms with Crippen LogP contribution in [0.4, 0.5) is 0 Å². The zero-order valence-electron chi connectivity index (χ0n) is 23.1. The number of imidazole rings is 1. The molecule has 0 atom stereocenters. The van der Waals surface area contributed by atoms with E-state index >= 15 is 0 Å². The number of nitrogens with zero attached hydrogens (tertiary/aromatic N) is 4. The lowest BCUT2D eigenvalue weighted by Crippen LogP contribution is -2.16. The van der Waals surface area contributed by atoms with Crippen molar-refractivity contribution < 1.29 is 19.4 Å². The van der Waals surface area contributed by atoms with Gasteiger partial charge >= 0.3 is 5.97 Å². The van der Waals surface area contributed by atoms with Gasteiger partial charge in [-0.3, -0.25) is 0 Å². The van der Waals surface area contributed by atoms with Crippen LogP contribution in [-0.4, -0.2) is 43.0 Å². The highest BCUT2D eigenvalue weighted by Crippen LogP contribution is 2.34. The van der Waals surface area contributed by atoms with E-state index in [2.05, 4.69) is 35.5 Å². The zero-order chi connectivity index (χ0) is 27.6. The summed E-state index contributed by atoms with van der Waals surface area (Å²) in [6.07, 6.45) is 0.558. The van der Waals surface area contributed by atoms with Crippen molar-refractivity contribution in [3.05, 3.63) is 65.5 Å². The van der Waals surface area contributed by atoms with Crippen molar-refractivity contribution in [1.82, 2.24) is 19.7 Å². The van der Waals surface area contributed by atoms with E-state index in [-0.39, 0.29) is 23.2 Å². The molecule has 200 valence electrons. The maximum Gasteiger partial charge on any atom is 0.336 e. The van der Waals surface area contributed by atoms with Crippen molar-refractivity contribution in [2.24, 2.45) is 5.41 Å². The van der Waals surface area contributed by atoms with Crippen LogP contribution in [0.5, 0.6) is 11.8 Å². The first kappa shape index (κ1) is 27.1. The van der Waals surface area contributed by atoms with Gasteiger partial charge < -0.3 is 19.1 Å². The summed E-state index contributed by atoms with van der Waals surface area (Å²) in [5.74, 6) is 0.760. The number of hydrogen-bond acceptors (Lipinski definition) is 6. The number of carbonyl (C=O) groups is 1. The summed E-state index contributed by atoms with van der Waals surface area (Å²) < 4.78 is 14.2. The number of benzene rings is 2. The predicted octanol–water partition coefficient (Wildman–Crippen LogP) is 6.40. The predicted molar refractivity (Wildman–Crippen MR) is 148 cm³/mol. The lowest BCUT2D eigenvalue weighted by molar-refractivity contribution is 0.0697. The topological polar surface area (TPSA) is 99.4 Å². The third-order valence-corrected chi connectivity index (χ3v) is 5.83. The molecule has 0 radical (unpaired) electrons. The average molecular weight is 517 g/mol. The molecular formula is C30H36N4O4. The molecule has 0 aliphatic carbocycles. The highest BCUT2D eigenvalue weighted by molar-refractivity contribution is 5.96. The maximum absolute atomic E-state index is 11.7. The molecule has 4 aromatic rings. The summed E-state index contributed by atoms with van der Waals surface area (Å²) >= 11 is 0. The molecule has 0 saturated carbocycles. The van der Waals surface area contributed by atoms with Gasteiger partial charge in [0.1, 0.15) is 11.3 Å². The fourth-order valence-electron chi connectivity index (χ4n) is 4.33. The molecular weight excluding hydrogens is 480 g/mol. The second-order valence-corrected chi connectivity index (χ2v) is 11.2. The molecule has 0 amide bonds. The minimum absolute atomic E-state index is 0.0114. The molecule has 2 aromatic carbocycles. The molecule has 38 heavy (non-hydrogen) atoms. The van der Waals surface area contributed by atoms with Gasteiger partial charge in [0, 0.05) is 13.0 Å². The van der Waals surface area contributed by atoms with Crippen LogP contribution in [-0.2, 0) is 13.0 Å². The van der Waals surface area contributed by atoms with Crippen molar-refractivity contribution in [2.75, 3.05) is 0 Å². The van der Waals surface area contributed by atoms with Crippen LogP contribution in [0, 0.1) is 5.41 Å². The molecule has 0 unspecified atom stereocenters. The number of carboxylic acids is 1. The molecule has 0 bridgehead atoms. The normalized spacial score (nSPS) is 11.9. The van der Waals surface area contributed by atoms with E-state index in [9.17, 15) is 9.90 Å². The summed E-state index contributed by atoms with van der Waals surface area (Å²) in [5.41, 5.74) is 4.22. The van der Waals surface area contributed by atoms with Gasteiger partial charge in [-0.2, -0.15) is 0 Å². The maximum atomic E-state index is 11.7. The van der Waals surface area contributed by atoms with E-state index in [0.717, 1.165) is 28.9 Å². The van der Waals surface area contributed by atoms with Gasteiger partial charge in [0.15, 0.2) is 5.52 Å². The Bertz CT molecular complexity index is 1430. The first-order valence-corrected chi connectivity index (χ1v) is 12.9. The van der Waals surface area contributed by atoms with E-state index in [0.29, 0.717) is 29.4 Å². The summed E-state index contributed by atoms with van der Waals surface area (Å²) in [6.45, 7) is 14.9. The Morgan fingerprint density at radius 1 is 0.921 bits per heavy atom. The third kappa shape index (κ3) is 6.13. The van der Waals surface area contributed by atoms with E-state index in [4.69, 9.17) is 14.5 Å². The number of aromatic nitrogens is 4. The minimum atomic E-state index is -0.945. The highest BCUT2D eigenvalue weighted by Gasteiger charge is 2.25. The van der Waals surface area contributed by atoms with E-state index in [1.807, 2.05) is 64.1 Å². The van der Waals surface area contributed by atoms with Gasteiger partial charge in [-0.25, -0.2) is 9.78 Å². The van der Waals surface area contributed by atoms with Crippen LogP contribution in [0.25, 0.3) is 22.2 Å². The molecule has 0 fully saturated rings. The molecule has 2 aromatic heterocycles. The molecule has 0 aliphatic heterocycles. The lowest BCUT2D eigenvalue weighted by Gasteiger charge is -2.19. The average Bonchev–Trinajstić information content (AvgIpc) is 3.17. The second kappa shape index (κ2) is 10.8. The Balaban J connectivity index is 1.82. The Labute approximate surface area is 223 Å². The van der Waals surface area contributed by atoms with Crippen LogP contribution in [0.1, 0.15) is 70.2 Å². The highest BCUT2D eigenvalue weighted by atomic mass is 16.5. The Hall–Kier alpha value is -3.94. The van der Waals surface area contributed by atoms with Crippen molar-refractivity contribution >= 4 is 17.0 Å². The standard InChI is InChI=1S/C30H36N4O4/c1-18(2)37-27-25-26(28(33-32-27)38-19(3)4)34(24(31-25)16-30(5,6)7)17-20-12-14-21(15-13-20)22-10-8-9-11-23(22)29(35)36/h8-15,18-19H,16-17H2,1-7H3,(H,35,36). The molecule has 8 heteroatoms. The number of aromatic carboxylic acids is 1. The molecule has 1 N–H and O–H groups in total. The third-order valence-electron chi connectivity index (χ3n) is 5.83. The van der Waals surface area contributed by atoms with E-state index < -0.39 is 5.97 Å². The zero-order valence-corrected chi connectivity index (χ0v) is 23.1. The van der Waals surface area contributed by atoms with Crippen LogP contribution >= 0.6 is 0 Å². The van der Waals surface area contributed by atoms with Gasteiger partial charge in [-0.15, -0.1) is 10.2 Å². The molecule has 8 nitrogen and oxygen atoms in total. The van der Waals surface area contributed by atoms with Crippen LogP contribution in [0.15, 0.2) is 48.5 Å². The summed E-state index contributed by atoms with van der Waals surface area (Å²) in [6, 6.07) is 15.0. The van der Waals surface area contributed by atoms with Crippen LogP contribution in [0.2, 0.25) is 0 Å². The van der Waals surface area contributed by atoms with Crippen molar-refractivity contribution in [3.63, 3.8) is 0 Å². The van der Waals surface area contributed by atoms with Gasteiger partial charge in [0.25, 0.3) is 11.8 Å². The van der Waals surface area contributed by atoms with Crippen LogP contribution < -0.4 is 9.47 Å². The first-order valence-electron chi connectivity index (χ1n) is 12.9. The first-order chi connectivity index (χ1) is 17.9. The minimum Gasteiger partial charge on any atom is -0.478 e. The van der Waals surface area contributed by atoms with Gasteiger partial charge in [0.2, 0.25) is 0 Å².